The summed E-state index contributed by atoms with van der Waals surface area (Å²) in [6.07, 6.45) is 0.377. The van der Waals surface area contributed by atoms with Crippen LogP contribution in [-0.4, -0.2) is 40.3 Å². The molecular weight excluding hydrogens is 358 g/mol. The van der Waals surface area contributed by atoms with E-state index in [1.165, 1.54) is 4.90 Å². The van der Waals surface area contributed by atoms with Gasteiger partial charge in [-0.05, 0) is 36.4 Å². The summed E-state index contributed by atoms with van der Waals surface area (Å²) < 4.78 is 4.93. The largest absolute Gasteiger partial charge is 0.447 e. The van der Waals surface area contributed by atoms with Crippen LogP contribution in [0.5, 0.6) is 0 Å². The van der Waals surface area contributed by atoms with Gasteiger partial charge in [0.2, 0.25) is 0 Å². The first-order valence-corrected chi connectivity index (χ1v) is 9.02. The van der Waals surface area contributed by atoms with Gasteiger partial charge in [-0.15, -0.1) is 0 Å². The molecule has 2 N–H and O–H groups in total. The first-order chi connectivity index (χ1) is 13.7. The zero-order valence-electron chi connectivity index (χ0n) is 15.3. The summed E-state index contributed by atoms with van der Waals surface area (Å²) >= 11 is 0. The quantitative estimate of drug-likeness (QED) is 0.711. The number of aromatic amines is 1. The number of para-hydroxylation sites is 1. The molecule has 2 amide bonds. The van der Waals surface area contributed by atoms with Crippen LogP contribution in [0.4, 0.5) is 16.2 Å². The Kier molecular flexibility index (Phi) is 4.76. The monoisotopic (exact) mass is 377 g/mol. The summed E-state index contributed by atoms with van der Waals surface area (Å²) in [6.45, 7) is 2.87. The molecule has 2 aromatic carbocycles. The van der Waals surface area contributed by atoms with E-state index in [0.29, 0.717) is 35.9 Å². The molecule has 0 atom stereocenters. The number of amides is 2. The van der Waals surface area contributed by atoms with Crippen LogP contribution in [0.3, 0.4) is 0 Å². The third-order valence-corrected chi connectivity index (χ3v) is 4.48. The maximum absolute atomic E-state index is 12.7. The molecular formula is C20H19N5O3. The molecule has 4 rings (SSSR count). The first-order valence-electron chi connectivity index (χ1n) is 9.02. The van der Waals surface area contributed by atoms with E-state index >= 15 is 0 Å². The predicted molar refractivity (Wildman–Crippen MR) is 104 cm³/mol. The van der Waals surface area contributed by atoms with E-state index in [4.69, 9.17) is 4.74 Å². The van der Waals surface area contributed by atoms with Crippen molar-refractivity contribution in [2.75, 3.05) is 23.4 Å². The van der Waals surface area contributed by atoms with Gasteiger partial charge in [0.25, 0.3) is 5.91 Å². The van der Waals surface area contributed by atoms with Gasteiger partial charge in [-0.2, -0.15) is 5.10 Å². The number of H-pyrrole nitrogens is 1. The van der Waals surface area contributed by atoms with E-state index in [9.17, 15) is 9.59 Å². The second kappa shape index (κ2) is 7.51. The van der Waals surface area contributed by atoms with Crippen LogP contribution in [0.15, 0.2) is 48.5 Å². The number of nitrogens with one attached hydrogen (secondary N) is 2. The van der Waals surface area contributed by atoms with Gasteiger partial charge in [-0.25, -0.2) is 9.78 Å². The molecule has 1 fully saturated rings. The Morgan fingerprint density at radius 1 is 1.21 bits per heavy atom. The number of ether oxygens (including phenoxy) is 1. The maximum Gasteiger partial charge on any atom is 0.414 e. The summed E-state index contributed by atoms with van der Waals surface area (Å²) in [5.41, 5.74) is 2.55. The Morgan fingerprint density at radius 2 is 2.00 bits per heavy atom. The lowest BCUT2D eigenvalue weighted by atomic mass is 10.1. The third-order valence-electron chi connectivity index (χ3n) is 4.48. The van der Waals surface area contributed by atoms with Crippen LogP contribution >= 0.6 is 0 Å². The van der Waals surface area contributed by atoms with E-state index in [1.807, 2.05) is 31.2 Å². The van der Waals surface area contributed by atoms with Gasteiger partial charge in [-0.3, -0.25) is 14.8 Å². The molecule has 0 saturated carbocycles. The molecule has 1 saturated heterocycles. The Hall–Kier alpha value is -3.68. The molecule has 0 unspecified atom stereocenters. The van der Waals surface area contributed by atoms with Crippen molar-refractivity contribution < 1.29 is 14.3 Å². The fourth-order valence-corrected chi connectivity index (χ4v) is 2.98. The minimum Gasteiger partial charge on any atom is -0.447 e. The number of rotatable bonds is 5. The van der Waals surface area contributed by atoms with Crippen molar-refractivity contribution in [3.05, 3.63) is 59.9 Å². The van der Waals surface area contributed by atoms with Crippen LogP contribution in [0, 0.1) is 0 Å². The van der Waals surface area contributed by atoms with Gasteiger partial charge in [0, 0.05) is 23.2 Å². The third kappa shape index (κ3) is 3.44. The van der Waals surface area contributed by atoms with Crippen molar-refractivity contribution in [2.45, 2.75) is 13.3 Å². The van der Waals surface area contributed by atoms with Crippen LogP contribution in [0.1, 0.15) is 23.1 Å². The Balaban J connectivity index is 1.53. The van der Waals surface area contributed by atoms with Crippen molar-refractivity contribution in [2.24, 2.45) is 0 Å². The lowest BCUT2D eigenvalue weighted by Gasteiger charge is -2.13. The van der Waals surface area contributed by atoms with E-state index in [-0.39, 0.29) is 12.0 Å². The Morgan fingerprint density at radius 3 is 2.68 bits per heavy atom. The smallest absolute Gasteiger partial charge is 0.414 e. The minimum atomic E-state index is -0.371. The van der Waals surface area contributed by atoms with E-state index in [2.05, 4.69) is 20.5 Å². The summed E-state index contributed by atoms with van der Waals surface area (Å²) in [6, 6.07) is 14.2. The fourth-order valence-electron chi connectivity index (χ4n) is 2.98. The van der Waals surface area contributed by atoms with Crippen molar-refractivity contribution in [3.63, 3.8) is 0 Å². The molecule has 0 radical (unpaired) electrons. The van der Waals surface area contributed by atoms with E-state index in [0.717, 1.165) is 17.8 Å². The number of aromatic nitrogens is 3. The molecule has 1 aliphatic heterocycles. The molecule has 142 valence electrons. The fraction of sp³-hybridized carbons (Fsp3) is 0.200. The summed E-state index contributed by atoms with van der Waals surface area (Å²) in [5, 5.41) is 10.0. The van der Waals surface area contributed by atoms with Gasteiger partial charge in [-0.1, -0.05) is 19.1 Å². The summed E-state index contributed by atoms with van der Waals surface area (Å²) in [4.78, 5) is 30.3. The molecule has 8 heteroatoms. The molecule has 3 aromatic rings. The molecule has 28 heavy (non-hydrogen) atoms. The topological polar surface area (TPSA) is 100 Å². The minimum absolute atomic E-state index is 0.255. The normalized spacial score (nSPS) is 13.5. The number of cyclic esters (lactones) is 1. The molecule has 1 aliphatic rings. The lowest BCUT2D eigenvalue weighted by Crippen LogP contribution is -2.23. The first kappa shape index (κ1) is 17.7. The number of aryl methyl sites for hydroxylation is 1. The van der Waals surface area contributed by atoms with Crippen molar-refractivity contribution in [1.29, 1.82) is 0 Å². The number of carbonyl (C=O) groups is 2. The van der Waals surface area contributed by atoms with Crippen LogP contribution < -0.4 is 10.2 Å². The van der Waals surface area contributed by atoms with Crippen molar-refractivity contribution in [1.82, 2.24) is 15.2 Å². The SMILES string of the molecule is CCc1nc(-c2ccccc2NC(=O)c2ccc(N3CCOC3=O)cc2)n[nH]1. The van der Waals surface area contributed by atoms with Crippen LogP contribution in [0.25, 0.3) is 11.4 Å². The Labute approximate surface area is 161 Å². The summed E-state index contributed by atoms with van der Waals surface area (Å²) in [5.74, 6) is 1.07. The number of nitrogens with zero attached hydrogens (tertiary/aromatic N) is 3. The Bertz CT molecular complexity index is 1010. The molecule has 0 bridgehead atoms. The zero-order valence-corrected chi connectivity index (χ0v) is 15.3. The average molecular weight is 377 g/mol. The van der Waals surface area contributed by atoms with Gasteiger partial charge in [0.15, 0.2) is 5.82 Å². The van der Waals surface area contributed by atoms with Crippen LogP contribution in [0.2, 0.25) is 0 Å². The highest BCUT2D eigenvalue weighted by molar-refractivity contribution is 6.06. The number of anilines is 2. The highest BCUT2D eigenvalue weighted by Crippen LogP contribution is 2.26. The van der Waals surface area contributed by atoms with Gasteiger partial charge >= 0.3 is 6.09 Å². The lowest BCUT2D eigenvalue weighted by molar-refractivity contribution is 0.102. The highest BCUT2D eigenvalue weighted by atomic mass is 16.6. The van der Waals surface area contributed by atoms with Gasteiger partial charge < -0.3 is 10.1 Å². The maximum atomic E-state index is 12.7. The second-order valence-electron chi connectivity index (χ2n) is 6.27. The molecule has 8 nitrogen and oxygen atoms in total. The standard InChI is InChI=1S/C20H19N5O3/c1-2-17-22-18(24-23-17)15-5-3-4-6-16(15)21-19(26)13-7-9-14(10-8-13)25-11-12-28-20(25)27/h3-10H,2,11-12H2,1H3,(H,21,26)(H,22,23,24). The van der Waals surface area contributed by atoms with E-state index in [1.54, 1.807) is 24.3 Å². The van der Waals surface area contributed by atoms with Gasteiger partial charge in [0.05, 0.1) is 12.2 Å². The highest BCUT2D eigenvalue weighted by Gasteiger charge is 2.23. The van der Waals surface area contributed by atoms with Crippen molar-refractivity contribution in [3.8, 4) is 11.4 Å². The average Bonchev–Trinajstić information content (AvgIpc) is 3.37. The number of benzene rings is 2. The zero-order chi connectivity index (χ0) is 19.5. The van der Waals surface area contributed by atoms with E-state index < -0.39 is 0 Å². The van der Waals surface area contributed by atoms with Crippen molar-refractivity contribution >= 4 is 23.4 Å². The number of carbonyl (C=O) groups excluding carboxylic acids is 2. The molecule has 2 heterocycles. The summed E-state index contributed by atoms with van der Waals surface area (Å²) in [7, 11) is 0. The number of hydrogen-bond acceptors (Lipinski definition) is 5. The van der Waals surface area contributed by atoms with Crippen LogP contribution in [-0.2, 0) is 11.2 Å². The second-order valence-corrected chi connectivity index (χ2v) is 6.27. The number of hydrogen-bond donors (Lipinski definition) is 2. The van der Waals surface area contributed by atoms with Gasteiger partial charge in [0.1, 0.15) is 12.4 Å². The molecule has 1 aromatic heterocycles. The predicted octanol–water partition coefficient (Wildman–Crippen LogP) is 3.24. The molecule has 0 aliphatic carbocycles. The molecule has 0 spiro atoms.